The van der Waals surface area contributed by atoms with Crippen LogP contribution in [0.15, 0.2) is 23.9 Å². The number of carbonyl (C=O) groups is 2. The molecule has 0 spiro atoms. The molecule has 0 radical (unpaired) electrons. The molecule has 102 valence electrons. The molecule has 1 aromatic rings. The highest BCUT2D eigenvalue weighted by Gasteiger charge is 2.26. The summed E-state index contributed by atoms with van der Waals surface area (Å²) in [5, 5.41) is 8.61. The van der Waals surface area contributed by atoms with Gasteiger partial charge in [-0.05, 0) is 19.9 Å². The summed E-state index contributed by atoms with van der Waals surface area (Å²) < 4.78 is 1.74. The molecule has 2 amide bonds. The van der Waals surface area contributed by atoms with E-state index in [9.17, 15) is 9.59 Å². The van der Waals surface area contributed by atoms with E-state index in [0.717, 1.165) is 5.57 Å². The summed E-state index contributed by atoms with van der Waals surface area (Å²) >= 11 is 0. The van der Waals surface area contributed by atoms with E-state index < -0.39 is 5.91 Å². The molecule has 19 heavy (non-hydrogen) atoms. The van der Waals surface area contributed by atoms with Crippen LogP contribution in [-0.4, -0.2) is 39.6 Å². The molecule has 0 saturated heterocycles. The quantitative estimate of drug-likeness (QED) is 0.486. The molecular formula is C13H17N3O3. The molecule has 0 unspecified atom stereocenters. The fourth-order valence-electron chi connectivity index (χ4n) is 2.10. The lowest BCUT2D eigenvalue weighted by Gasteiger charge is -2.28. The van der Waals surface area contributed by atoms with Gasteiger partial charge in [-0.25, -0.2) is 5.48 Å². The summed E-state index contributed by atoms with van der Waals surface area (Å²) in [5.74, 6) is -0.699. The smallest absolute Gasteiger partial charge is 0.276 e. The Labute approximate surface area is 111 Å². The third-order valence-electron chi connectivity index (χ3n) is 3.31. The molecule has 0 atom stereocenters. The Morgan fingerprint density at radius 3 is 2.89 bits per heavy atom. The second-order valence-corrected chi connectivity index (χ2v) is 4.61. The van der Waals surface area contributed by atoms with Crippen LogP contribution in [-0.2, 0) is 6.54 Å². The van der Waals surface area contributed by atoms with Crippen molar-refractivity contribution in [3.05, 3.63) is 35.2 Å². The highest BCUT2D eigenvalue weighted by atomic mass is 16.5. The fraction of sp³-hybridized carbons (Fsp3) is 0.385. The topological polar surface area (TPSA) is 74.6 Å². The number of fused-ring (bicyclic) bond motifs is 1. The Kier molecular flexibility index (Phi) is 3.71. The minimum Gasteiger partial charge on any atom is -0.341 e. The molecule has 6 nitrogen and oxygen atoms in total. The van der Waals surface area contributed by atoms with E-state index in [1.807, 2.05) is 19.9 Å². The van der Waals surface area contributed by atoms with Gasteiger partial charge in [-0.3, -0.25) is 14.8 Å². The van der Waals surface area contributed by atoms with Gasteiger partial charge in [0.2, 0.25) is 0 Å². The van der Waals surface area contributed by atoms with Crippen LogP contribution >= 0.6 is 0 Å². The fourth-order valence-corrected chi connectivity index (χ4v) is 2.10. The second-order valence-electron chi connectivity index (χ2n) is 4.61. The van der Waals surface area contributed by atoms with Crippen molar-refractivity contribution in [1.82, 2.24) is 14.9 Å². The average molecular weight is 263 g/mol. The first kappa shape index (κ1) is 13.4. The molecule has 6 heteroatoms. The Balaban J connectivity index is 2.23. The summed E-state index contributed by atoms with van der Waals surface area (Å²) in [5.41, 5.74) is 3.47. The summed E-state index contributed by atoms with van der Waals surface area (Å²) in [6.07, 6.45) is 3.56. The van der Waals surface area contributed by atoms with Gasteiger partial charge < -0.3 is 9.47 Å². The molecule has 2 heterocycles. The van der Waals surface area contributed by atoms with Gasteiger partial charge >= 0.3 is 0 Å². The molecule has 1 aliphatic heterocycles. The maximum atomic E-state index is 12.3. The molecule has 0 bridgehead atoms. The van der Waals surface area contributed by atoms with Crippen LogP contribution < -0.4 is 5.48 Å². The van der Waals surface area contributed by atoms with Crippen molar-refractivity contribution in [1.29, 1.82) is 0 Å². The van der Waals surface area contributed by atoms with Gasteiger partial charge in [0, 0.05) is 25.8 Å². The Morgan fingerprint density at radius 2 is 2.26 bits per heavy atom. The van der Waals surface area contributed by atoms with E-state index in [2.05, 4.69) is 0 Å². The van der Waals surface area contributed by atoms with E-state index in [1.54, 1.807) is 21.1 Å². The minimum atomic E-state index is -0.606. The summed E-state index contributed by atoms with van der Waals surface area (Å²) in [4.78, 5) is 25.4. The van der Waals surface area contributed by atoms with Crippen LogP contribution in [0.4, 0.5) is 0 Å². The van der Waals surface area contributed by atoms with Gasteiger partial charge in [0.05, 0.1) is 5.56 Å². The van der Waals surface area contributed by atoms with E-state index in [0.29, 0.717) is 25.3 Å². The number of hydrogen-bond acceptors (Lipinski definition) is 3. The van der Waals surface area contributed by atoms with Crippen LogP contribution in [0.3, 0.4) is 0 Å². The normalized spacial score (nSPS) is 15.4. The molecule has 1 aliphatic rings. The first-order valence-electron chi connectivity index (χ1n) is 6.12. The monoisotopic (exact) mass is 263 g/mol. The van der Waals surface area contributed by atoms with Gasteiger partial charge in [0.25, 0.3) is 11.8 Å². The third kappa shape index (κ3) is 2.53. The van der Waals surface area contributed by atoms with Crippen molar-refractivity contribution in [2.75, 3.05) is 13.1 Å². The minimum absolute atomic E-state index is 0.0931. The average Bonchev–Trinajstić information content (AvgIpc) is 2.85. The molecule has 0 saturated carbocycles. The molecular weight excluding hydrogens is 246 g/mol. The lowest BCUT2D eigenvalue weighted by molar-refractivity contribution is 0.0705. The standard InChI is InChI=1S/C13H17N3O3/c1-3-9(2)7-16-5-4-15-8-10(12(17)14-19)6-11(15)13(16)18/h3,6,8,19H,4-5,7H2,1-2H3,(H,14,17). The van der Waals surface area contributed by atoms with E-state index in [4.69, 9.17) is 5.21 Å². The number of nitrogens with zero attached hydrogens (tertiary/aromatic N) is 2. The molecule has 1 aromatic heterocycles. The number of amides is 2. The van der Waals surface area contributed by atoms with Crippen molar-refractivity contribution >= 4 is 11.8 Å². The number of hydroxylamine groups is 1. The van der Waals surface area contributed by atoms with Crippen molar-refractivity contribution in [3.8, 4) is 0 Å². The van der Waals surface area contributed by atoms with Crippen molar-refractivity contribution < 1.29 is 14.8 Å². The van der Waals surface area contributed by atoms with Crippen LogP contribution in [0, 0.1) is 0 Å². The zero-order valence-electron chi connectivity index (χ0n) is 11.0. The van der Waals surface area contributed by atoms with Crippen molar-refractivity contribution in [2.45, 2.75) is 20.4 Å². The number of nitrogens with one attached hydrogen (secondary N) is 1. The van der Waals surface area contributed by atoms with Gasteiger partial charge in [0.1, 0.15) is 5.69 Å². The van der Waals surface area contributed by atoms with Crippen molar-refractivity contribution in [3.63, 3.8) is 0 Å². The predicted molar refractivity (Wildman–Crippen MR) is 69.0 cm³/mol. The number of rotatable bonds is 3. The van der Waals surface area contributed by atoms with Crippen LogP contribution in [0.25, 0.3) is 0 Å². The van der Waals surface area contributed by atoms with Crippen molar-refractivity contribution in [2.24, 2.45) is 0 Å². The van der Waals surface area contributed by atoms with Crippen LogP contribution in [0.2, 0.25) is 0 Å². The van der Waals surface area contributed by atoms with Crippen LogP contribution in [0.5, 0.6) is 0 Å². The number of carbonyl (C=O) groups excluding carboxylic acids is 2. The summed E-state index contributed by atoms with van der Waals surface area (Å²) in [7, 11) is 0. The van der Waals surface area contributed by atoms with E-state index in [-0.39, 0.29) is 11.5 Å². The SMILES string of the molecule is CC=C(C)CN1CCn2cc(C(=O)NO)cc2C1=O. The van der Waals surface area contributed by atoms with Crippen LogP contribution in [0.1, 0.15) is 34.7 Å². The lowest BCUT2D eigenvalue weighted by atomic mass is 10.2. The maximum absolute atomic E-state index is 12.3. The largest absolute Gasteiger partial charge is 0.341 e. The molecule has 0 aromatic carbocycles. The first-order valence-corrected chi connectivity index (χ1v) is 6.12. The summed E-state index contributed by atoms with van der Waals surface area (Å²) in [6, 6.07) is 1.50. The molecule has 2 rings (SSSR count). The second kappa shape index (κ2) is 5.27. The highest BCUT2D eigenvalue weighted by molar-refractivity contribution is 5.99. The first-order chi connectivity index (χ1) is 9.06. The Morgan fingerprint density at radius 1 is 1.53 bits per heavy atom. The Bertz CT molecular complexity index is 545. The maximum Gasteiger partial charge on any atom is 0.276 e. The number of allylic oxidation sites excluding steroid dienone is 1. The van der Waals surface area contributed by atoms with Gasteiger partial charge in [-0.15, -0.1) is 0 Å². The lowest BCUT2D eigenvalue weighted by Crippen LogP contribution is -2.40. The van der Waals surface area contributed by atoms with Gasteiger partial charge in [-0.2, -0.15) is 0 Å². The highest BCUT2D eigenvalue weighted by Crippen LogP contribution is 2.17. The molecule has 0 aliphatic carbocycles. The Hall–Kier alpha value is -2.08. The number of aromatic nitrogens is 1. The third-order valence-corrected chi connectivity index (χ3v) is 3.31. The molecule has 2 N–H and O–H groups in total. The van der Waals surface area contributed by atoms with E-state index >= 15 is 0 Å². The zero-order valence-corrected chi connectivity index (χ0v) is 11.0. The molecule has 0 fully saturated rings. The van der Waals surface area contributed by atoms with Gasteiger partial charge in [0.15, 0.2) is 0 Å². The van der Waals surface area contributed by atoms with Gasteiger partial charge in [-0.1, -0.05) is 11.6 Å². The number of hydrogen-bond donors (Lipinski definition) is 2. The van der Waals surface area contributed by atoms with E-state index in [1.165, 1.54) is 6.07 Å². The predicted octanol–water partition coefficient (Wildman–Crippen LogP) is 1.03. The zero-order chi connectivity index (χ0) is 14.0. The summed E-state index contributed by atoms with van der Waals surface area (Å²) in [6.45, 7) is 5.78.